The fraction of sp³-hybridized carbons (Fsp3) is 0.480. The first kappa shape index (κ1) is 31.0. The first-order valence-electron chi connectivity index (χ1n) is 12.2. The van der Waals surface area contributed by atoms with Crippen LogP contribution >= 0.6 is 0 Å². The number of aliphatic hydroxyl groups is 2. The predicted octanol–water partition coefficient (Wildman–Crippen LogP) is 3.30. The van der Waals surface area contributed by atoms with Gasteiger partial charge in [0, 0.05) is 12.0 Å². The van der Waals surface area contributed by atoms with Crippen molar-refractivity contribution in [2.75, 3.05) is 17.5 Å². The smallest absolute Gasteiger partial charge is 0.386 e. The number of fused-ring (bicyclic) bond motifs is 1. The highest BCUT2D eigenvalue weighted by Gasteiger charge is 2.71. The molecule has 0 spiro atoms. The van der Waals surface area contributed by atoms with E-state index in [0.29, 0.717) is 22.5 Å². The number of carbonyl (C=O) groups is 1. The van der Waals surface area contributed by atoms with Gasteiger partial charge in [-0.15, -0.1) is 0 Å². The molecule has 1 fully saturated rings. The fourth-order valence-electron chi connectivity index (χ4n) is 4.91. The van der Waals surface area contributed by atoms with Gasteiger partial charge in [0.05, 0.1) is 35.9 Å². The molecule has 3 atom stereocenters. The largest absolute Gasteiger partial charge is 0.430 e. The number of hydrogen-bond acceptors (Lipinski definition) is 6. The third-order valence-corrected chi connectivity index (χ3v) is 9.07. The Morgan fingerprint density at radius 2 is 1.71 bits per heavy atom. The summed E-state index contributed by atoms with van der Waals surface area (Å²) in [5.41, 5.74) is -8.77. The molecule has 0 saturated carbocycles. The van der Waals surface area contributed by atoms with Crippen molar-refractivity contribution in [3.05, 3.63) is 59.4 Å². The van der Waals surface area contributed by atoms with Gasteiger partial charge < -0.3 is 20.3 Å². The van der Waals surface area contributed by atoms with Gasteiger partial charge in [0.2, 0.25) is 5.91 Å². The molecule has 0 bridgehead atoms. The highest BCUT2D eigenvalue weighted by atomic mass is 32.2. The summed E-state index contributed by atoms with van der Waals surface area (Å²) in [5, 5.41) is 22.7. The molecule has 2 unspecified atom stereocenters. The quantitative estimate of drug-likeness (QED) is 0.431. The van der Waals surface area contributed by atoms with Gasteiger partial charge >= 0.3 is 12.4 Å². The maximum absolute atomic E-state index is 13.7. The van der Waals surface area contributed by atoms with Crippen LogP contribution in [0, 0.1) is 5.82 Å². The number of nitrogens with one attached hydrogen (secondary N) is 1. The summed E-state index contributed by atoms with van der Waals surface area (Å²) in [6.45, 7) is 1.34. The molecule has 2 aliphatic heterocycles. The summed E-state index contributed by atoms with van der Waals surface area (Å²) in [5.74, 6) is -1.47. The molecular formula is C25H25F7N2O6S. The van der Waals surface area contributed by atoms with E-state index in [2.05, 4.69) is 5.32 Å². The molecule has 1 saturated heterocycles. The number of hydrogen-bond donors (Lipinski definition) is 3. The normalized spacial score (nSPS) is 23.8. The molecule has 1 amide bonds. The van der Waals surface area contributed by atoms with E-state index in [0.717, 1.165) is 24.3 Å². The molecule has 2 aromatic carbocycles. The number of aryl methyl sites for hydroxylation is 1. The van der Waals surface area contributed by atoms with Gasteiger partial charge in [-0.05, 0) is 55.7 Å². The van der Waals surface area contributed by atoms with Crippen LogP contribution in [0.25, 0.3) is 0 Å². The molecule has 2 aliphatic rings. The Morgan fingerprint density at radius 3 is 2.24 bits per heavy atom. The fourth-order valence-corrected chi connectivity index (χ4v) is 6.63. The van der Waals surface area contributed by atoms with E-state index in [1.165, 1.54) is 6.92 Å². The van der Waals surface area contributed by atoms with Crippen LogP contribution in [0.1, 0.15) is 30.9 Å². The lowest BCUT2D eigenvalue weighted by atomic mass is 9.87. The number of anilines is 1. The number of carbonyl (C=O) groups excluding carboxylic acids is 1. The molecule has 0 radical (unpaired) electrons. The van der Waals surface area contributed by atoms with E-state index in [1.807, 2.05) is 0 Å². The van der Waals surface area contributed by atoms with Crippen LogP contribution in [0.15, 0.2) is 47.4 Å². The second-order valence-electron chi connectivity index (χ2n) is 10.2. The van der Waals surface area contributed by atoms with Crippen LogP contribution in [-0.2, 0) is 31.6 Å². The van der Waals surface area contributed by atoms with E-state index in [1.54, 1.807) is 0 Å². The molecule has 41 heavy (non-hydrogen) atoms. The number of rotatable bonds is 6. The van der Waals surface area contributed by atoms with Gasteiger partial charge in [0.25, 0.3) is 15.6 Å². The first-order valence-corrected chi connectivity index (χ1v) is 13.6. The summed E-state index contributed by atoms with van der Waals surface area (Å²) in [6, 6.07) is 3.00. The molecule has 0 aliphatic carbocycles. The van der Waals surface area contributed by atoms with Crippen LogP contribution in [0.5, 0.6) is 0 Å². The van der Waals surface area contributed by atoms with Crippen molar-refractivity contribution >= 4 is 21.6 Å². The van der Waals surface area contributed by atoms with Crippen LogP contribution in [0.3, 0.4) is 0 Å². The summed E-state index contributed by atoms with van der Waals surface area (Å²) in [6.07, 6.45) is -13.3. The molecule has 8 nitrogen and oxygen atoms in total. The Morgan fingerprint density at radius 1 is 1.10 bits per heavy atom. The maximum atomic E-state index is 13.7. The third-order valence-electron chi connectivity index (χ3n) is 7.19. The first-order chi connectivity index (χ1) is 18.8. The Kier molecular flexibility index (Phi) is 7.86. The van der Waals surface area contributed by atoms with Gasteiger partial charge in [-0.3, -0.25) is 9.10 Å². The topological polar surface area (TPSA) is 116 Å². The van der Waals surface area contributed by atoms with Crippen molar-refractivity contribution in [1.29, 1.82) is 0 Å². The van der Waals surface area contributed by atoms with Crippen LogP contribution in [0.2, 0.25) is 0 Å². The van der Waals surface area contributed by atoms with Crippen molar-refractivity contribution in [2.45, 2.75) is 66.7 Å². The lowest BCUT2D eigenvalue weighted by Gasteiger charge is -2.39. The van der Waals surface area contributed by atoms with E-state index < -0.39 is 74.3 Å². The van der Waals surface area contributed by atoms with Gasteiger partial charge in [-0.25, -0.2) is 12.8 Å². The molecule has 16 heteroatoms. The van der Waals surface area contributed by atoms with Crippen LogP contribution < -0.4 is 9.62 Å². The van der Waals surface area contributed by atoms with Crippen LogP contribution in [0.4, 0.5) is 36.4 Å². The van der Waals surface area contributed by atoms with Crippen molar-refractivity contribution in [1.82, 2.24) is 5.32 Å². The minimum absolute atomic E-state index is 0.0199. The number of amides is 1. The zero-order valence-corrected chi connectivity index (χ0v) is 22.1. The van der Waals surface area contributed by atoms with Crippen molar-refractivity contribution in [3.63, 3.8) is 0 Å². The molecule has 226 valence electrons. The lowest BCUT2D eigenvalue weighted by Crippen LogP contribution is -2.54. The van der Waals surface area contributed by atoms with E-state index in [-0.39, 0.29) is 37.3 Å². The second-order valence-corrected chi connectivity index (χ2v) is 12.0. The number of benzene rings is 2. The number of ether oxygens (including phenoxy) is 1. The molecular weight excluding hydrogens is 589 g/mol. The van der Waals surface area contributed by atoms with Crippen molar-refractivity contribution < 1.29 is 58.9 Å². The van der Waals surface area contributed by atoms with Gasteiger partial charge in [-0.2, -0.15) is 26.3 Å². The maximum Gasteiger partial charge on any atom is 0.430 e. The average Bonchev–Trinajstić information content (AvgIpc) is 3.18. The van der Waals surface area contributed by atoms with E-state index in [9.17, 15) is 54.2 Å². The van der Waals surface area contributed by atoms with E-state index >= 15 is 0 Å². The summed E-state index contributed by atoms with van der Waals surface area (Å²) in [4.78, 5) is 12.4. The Balaban J connectivity index is 1.77. The standard InChI is InChI=1S/C25H25F7N2O6S/c1-22(36)13-40-12-20(22)33-21(35)11-17-6-2-14-10-15(23(37,24(27,28)29)25(30,31)32)3-9-19(14)34(17)41(38,39)18-7-4-16(26)5-8-18/h3-5,7-10,17,20,36-37H,2,6,11-13H2,1H3,(H,33,35)/t17-,20?,22?/m0/s1. The number of alkyl halides is 6. The van der Waals surface area contributed by atoms with Crippen molar-refractivity contribution in [3.8, 4) is 0 Å². The Bertz CT molecular complexity index is 1400. The van der Waals surface area contributed by atoms with Crippen molar-refractivity contribution in [2.24, 2.45) is 0 Å². The molecule has 2 heterocycles. The number of nitrogens with zero attached hydrogens (tertiary/aromatic N) is 1. The second kappa shape index (κ2) is 10.4. The van der Waals surface area contributed by atoms with E-state index in [4.69, 9.17) is 4.74 Å². The monoisotopic (exact) mass is 614 g/mol. The molecule has 0 aromatic heterocycles. The minimum Gasteiger partial charge on any atom is -0.386 e. The summed E-state index contributed by atoms with van der Waals surface area (Å²) in [7, 11) is -4.64. The van der Waals surface area contributed by atoms with Gasteiger partial charge in [-0.1, -0.05) is 12.1 Å². The highest BCUT2D eigenvalue weighted by Crippen LogP contribution is 2.51. The lowest BCUT2D eigenvalue weighted by molar-refractivity contribution is -0.376. The summed E-state index contributed by atoms with van der Waals surface area (Å²) >= 11 is 0. The highest BCUT2D eigenvalue weighted by molar-refractivity contribution is 7.92. The number of sulfonamides is 1. The Labute approximate surface area is 229 Å². The van der Waals surface area contributed by atoms with Crippen LogP contribution in [-0.4, -0.2) is 67.8 Å². The SMILES string of the molecule is CC1(O)COCC1NC(=O)C[C@@H]1CCc2cc(C(O)(C(F)(F)F)C(F)(F)F)ccc2N1S(=O)(=O)c1ccc(F)cc1. The zero-order valence-electron chi connectivity index (χ0n) is 21.3. The number of halogens is 7. The Hall–Kier alpha value is -2.95. The molecule has 4 rings (SSSR count). The molecule has 3 N–H and O–H groups in total. The van der Waals surface area contributed by atoms with Gasteiger partial charge in [0.15, 0.2) is 0 Å². The predicted molar refractivity (Wildman–Crippen MR) is 129 cm³/mol. The zero-order chi connectivity index (χ0) is 30.6. The summed E-state index contributed by atoms with van der Waals surface area (Å²) < 4.78 is 128. The average molecular weight is 615 g/mol. The molecule has 2 aromatic rings. The minimum atomic E-state index is -6.15. The third kappa shape index (κ3) is 5.61. The van der Waals surface area contributed by atoms with Gasteiger partial charge in [0.1, 0.15) is 11.4 Å².